The van der Waals surface area contributed by atoms with E-state index in [2.05, 4.69) is 36.3 Å². The monoisotopic (exact) mass is 520 g/mol. The van der Waals surface area contributed by atoms with Gasteiger partial charge in [-0.15, -0.1) is 24.0 Å². The lowest BCUT2D eigenvalue weighted by Crippen LogP contribution is -2.36. The highest BCUT2D eigenvalue weighted by Gasteiger charge is 2.24. The molecule has 0 bridgehead atoms. The van der Waals surface area contributed by atoms with Crippen LogP contribution in [0.1, 0.15) is 33.6 Å². The van der Waals surface area contributed by atoms with Gasteiger partial charge in [0.25, 0.3) is 0 Å². The van der Waals surface area contributed by atoms with Gasteiger partial charge >= 0.3 is 0 Å². The first-order valence-corrected chi connectivity index (χ1v) is 10.1. The molecule has 1 aromatic rings. The van der Waals surface area contributed by atoms with E-state index in [1.807, 2.05) is 12.1 Å². The third-order valence-electron chi connectivity index (χ3n) is 4.83. The van der Waals surface area contributed by atoms with Crippen molar-refractivity contribution in [1.82, 2.24) is 10.2 Å². The molecule has 0 unspecified atom stereocenters. The van der Waals surface area contributed by atoms with Gasteiger partial charge in [0.1, 0.15) is 0 Å². The summed E-state index contributed by atoms with van der Waals surface area (Å²) in [5, 5.41) is 6.69. The number of anilines is 1. The van der Waals surface area contributed by atoms with Gasteiger partial charge in [-0.2, -0.15) is 0 Å². The molecule has 29 heavy (non-hydrogen) atoms. The average molecular weight is 520 g/mol. The minimum atomic E-state index is 0. The Bertz CT molecular complexity index is 630. The van der Waals surface area contributed by atoms with Gasteiger partial charge in [0.2, 0.25) is 5.75 Å². The summed E-state index contributed by atoms with van der Waals surface area (Å²) < 4.78 is 16.3. The van der Waals surface area contributed by atoms with Crippen LogP contribution in [0.2, 0.25) is 0 Å². The van der Waals surface area contributed by atoms with E-state index in [9.17, 15) is 0 Å². The smallest absolute Gasteiger partial charge is 0.203 e. The van der Waals surface area contributed by atoms with Crippen molar-refractivity contribution in [2.45, 2.75) is 39.7 Å². The fourth-order valence-electron chi connectivity index (χ4n) is 3.60. The number of aliphatic imine (C=N–C) groups is 1. The Hall–Kier alpha value is -1.42. The number of benzene rings is 1. The summed E-state index contributed by atoms with van der Waals surface area (Å²) in [7, 11) is 4.83. The number of hydrogen-bond donors (Lipinski definition) is 2. The lowest BCUT2D eigenvalue weighted by Gasteiger charge is -2.25. The molecule has 1 saturated heterocycles. The second-order valence-corrected chi connectivity index (χ2v) is 7.44. The first-order chi connectivity index (χ1) is 13.5. The van der Waals surface area contributed by atoms with E-state index in [-0.39, 0.29) is 24.0 Å². The van der Waals surface area contributed by atoms with Crippen LogP contribution in [0.4, 0.5) is 5.69 Å². The van der Waals surface area contributed by atoms with E-state index >= 15 is 0 Å². The molecule has 0 saturated carbocycles. The predicted octanol–water partition coefficient (Wildman–Crippen LogP) is 3.83. The molecule has 0 radical (unpaired) electrons. The third kappa shape index (κ3) is 7.40. The van der Waals surface area contributed by atoms with Gasteiger partial charge in [0.05, 0.1) is 27.9 Å². The van der Waals surface area contributed by atoms with Crippen molar-refractivity contribution >= 4 is 35.6 Å². The van der Waals surface area contributed by atoms with E-state index in [0.717, 1.165) is 31.3 Å². The van der Waals surface area contributed by atoms with Crippen molar-refractivity contribution in [2.24, 2.45) is 10.9 Å². The van der Waals surface area contributed by atoms with Crippen molar-refractivity contribution in [3.8, 4) is 17.2 Å². The van der Waals surface area contributed by atoms with Crippen LogP contribution in [0, 0.1) is 5.92 Å². The Morgan fingerprint density at radius 1 is 1.17 bits per heavy atom. The predicted molar refractivity (Wildman–Crippen MR) is 131 cm³/mol. The Morgan fingerprint density at radius 2 is 1.83 bits per heavy atom. The molecule has 0 spiro atoms. The van der Waals surface area contributed by atoms with Crippen LogP contribution in [0.15, 0.2) is 17.1 Å². The molecular weight excluding hydrogens is 483 g/mol. The van der Waals surface area contributed by atoms with E-state index in [0.29, 0.717) is 29.2 Å². The van der Waals surface area contributed by atoms with Crippen molar-refractivity contribution in [3.05, 3.63) is 12.1 Å². The summed E-state index contributed by atoms with van der Waals surface area (Å²) >= 11 is 0. The summed E-state index contributed by atoms with van der Waals surface area (Å²) in [6, 6.07) is 4.28. The molecule has 0 aromatic heterocycles. The zero-order valence-electron chi connectivity index (χ0n) is 18.6. The van der Waals surface area contributed by atoms with Crippen molar-refractivity contribution < 1.29 is 14.2 Å². The zero-order valence-corrected chi connectivity index (χ0v) is 20.9. The Kier molecular flexibility index (Phi) is 11.5. The highest BCUT2D eigenvalue weighted by Crippen LogP contribution is 2.39. The van der Waals surface area contributed by atoms with Crippen LogP contribution in [-0.2, 0) is 0 Å². The lowest BCUT2D eigenvalue weighted by molar-refractivity contribution is 0.231. The first-order valence-electron chi connectivity index (χ1n) is 10.1. The van der Waals surface area contributed by atoms with E-state index in [1.54, 1.807) is 21.3 Å². The quantitative estimate of drug-likeness (QED) is 0.293. The van der Waals surface area contributed by atoms with Crippen LogP contribution in [0.3, 0.4) is 0 Å². The molecule has 1 aliphatic rings. The Morgan fingerprint density at radius 3 is 2.34 bits per heavy atom. The van der Waals surface area contributed by atoms with Crippen LogP contribution in [-0.4, -0.2) is 64.4 Å². The summed E-state index contributed by atoms with van der Waals surface area (Å²) in [4.78, 5) is 7.41. The Labute approximate surface area is 192 Å². The maximum atomic E-state index is 5.44. The molecule has 7 nitrogen and oxygen atoms in total. The van der Waals surface area contributed by atoms with Crippen LogP contribution in [0.25, 0.3) is 0 Å². The second kappa shape index (κ2) is 13.0. The molecule has 8 heteroatoms. The molecule has 166 valence electrons. The van der Waals surface area contributed by atoms with Gasteiger partial charge in [0.15, 0.2) is 17.5 Å². The van der Waals surface area contributed by atoms with E-state index < -0.39 is 0 Å². The number of likely N-dealkylation sites (tertiary alicyclic amines) is 1. The number of nitrogens with zero attached hydrogens (tertiary/aromatic N) is 2. The Balaban J connectivity index is 0.00000420. The average Bonchev–Trinajstić information content (AvgIpc) is 3.11. The van der Waals surface area contributed by atoms with Gasteiger partial charge in [-0.3, -0.25) is 9.89 Å². The van der Waals surface area contributed by atoms with Gasteiger partial charge in [0, 0.05) is 37.0 Å². The molecule has 1 atom stereocenters. The molecule has 1 aliphatic heterocycles. The molecule has 1 heterocycles. The third-order valence-corrected chi connectivity index (χ3v) is 4.83. The molecular formula is C21H37IN4O3. The summed E-state index contributed by atoms with van der Waals surface area (Å²) in [6.45, 7) is 10.5. The second-order valence-electron chi connectivity index (χ2n) is 7.44. The molecule has 1 fully saturated rings. The highest BCUT2D eigenvalue weighted by molar-refractivity contribution is 14.0. The fraction of sp³-hybridized carbons (Fsp3) is 0.667. The number of halogens is 1. The molecule has 0 aliphatic carbocycles. The zero-order chi connectivity index (χ0) is 20.5. The van der Waals surface area contributed by atoms with E-state index in [4.69, 9.17) is 19.2 Å². The standard InChI is InChI=1S/C21H36N4O3.HI/c1-7-22-21(23-13-17-9-8-10-25(17)14-15(2)3)24-16-11-18(26-4)20(28-6)19(12-16)27-5;/h11-12,15,17H,7-10,13-14H2,1-6H3,(H2,22,23,24);1H/t17-;/m1./s1. The van der Waals surface area contributed by atoms with Gasteiger partial charge in [-0.1, -0.05) is 13.8 Å². The highest BCUT2D eigenvalue weighted by atomic mass is 127. The van der Waals surface area contributed by atoms with Crippen LogP contribution in [0.5, 0.6) is 17.2 Å². The fourth-order valence-corrected chi connectivity index (χ4v) is 3.60. The summed E-state index contributed by atoms with van der Waals surface area (Å²) in [5.41, 5.74) is 0.833. The maximum Gasteiger partial charge on any atom is 0.203 e. The number of nitrogens with one attached hydrogen (secondary N) is 2. The number of hydrogen-bond acceptors (Lipinski definition) is 5. The van der Waals surface area contributed by atoms with Gasteiger partial charge in [-0.05, 0) is 32.2 Å². The molecule has 1 aromatic carbocycles. The van der Waals surface area contributed by atoms with Crippen LogP contribution < -0.4 is 24.8 Å². The van der Waals surface area contributed by atoms with Gasteiger partial charge < -0.3 is 24.8 Å². The van der Waals surface area contributed by atoms with Crippen molar-refractivity contribution in [1.29, 1.82) is 0 Å². The normalized spacial score (nSPS) is 17.1. The van der Waals surface area contributed by atoms with Gasteiger partial charge in [-0.25, -0.2) is 0 Å². The topological polar surface area (TPSA) is 67.4 Å². The summed E-state index contributed by atoms with van der Waals surface area (Å²) in [6.07, 6.45) is 2.46. The number of guanidine groups is 1. The maximum absolute atomic E-state index is 5.44. The first kappa shape index (κ1) is 25.6. The van der Waals surface area contributed by atoms with Crippen molar-refractivity contribution in [2.75, 3.05) is 52.8 Å². The lowest BCUT2D eigenvalue weighted by atomic mass is 10.2. The molecule has 0 amide bonds. The largest absolute Gasteiger partial charge is 0.493 e. The summed E-state index contributed by atoms with van der Waals surface area (Å²) in [5.74, 6) is 3.23. The van der Waals surface area contributed by atoms with E-state index in [1.165, 1.54) is 19.4 Å². The van der Waals surface area contributed by atoms with Crippen molar-refractivity contribution in [3.63, 3.8) is 0 Å². The minimum absolute atomic E-state index is 0. The number of ether oxygens (including phenoxy) is 3. The van der Waals surface area contributed by atoms with Crippen LogP contribution >= 0.6 is 24.0 Å². The number of rotatable bonds is 9. The SMILES string of the molecule is CCNC(=NC[C@H]1CCCN1CC(C)C)Nc1cc(OC)c(OC)c(OC)c1.I. The molecule has 2 N–H and O–H groups in total. The number of methoxy groups -OCH3 is 3. The molecule has 2 rings (SSSR count). The minimum Gasteiger partial charge on any atom is -0.493 e.